The van der Waals surface area contributed by atoms with Crippen molar-refractivity contribution >= 4 is 21.4 Å². The average Bonchev–Trinajstić information content (AvgIpc) is 2.77. The van der Waals surface area contributed by atoms with Gasteiger partial charge in [0, 0.05) is 24.0 Å². The van der Waals surface area contributed by atoms with Gasteiger partial charge in [0.15, 0.2) is 21.4 Å². The van der Waals surface area contributed by atoms with Gasteiger partial charge in [-0.25, -0.2) is 8.42 Å². The van der Waals surface area contributed by atoms with E-state index in [0.717, 1.165) is 6.42 Å². The highest BCUT2D eigenvalue weighted by molar-refractivity contribution is 7.91. The minimum Gasteiger partial charge on any atom is -0.507 e. The zero-order valence-electron chi connectivity index (χ0n) is 18.3. The summed E-state index contributed by atoms with van der Waals surface area (Å²) in [6, 6.07) is 10.7. The number of nitrogens with zero attached hydrogens (tertiary/aromatic N) is 1. The number of carbonyl (C=O) groups is 2. The zero-order valence-corrected chi connectivity index (χ0v) is 19.1. The molecule has 32 heavy (non-hydrogen) atoms. The van der Waals surface area contributed by atoms with Gasteiger partial charge in [-0.15, -0.1) is 0 Å². The number of hydrogen-bond donors (Lipinski definition) is 1. The third kappa shape index (κ3) is 6.41. The number of rotatable bonds is 12. The first-order valence-corrected chi connectivity index (χ1v) is 12.1. The summed E-state index contributed by atoms with van der Waals surface area (Å²) in [7, 11) is -3.56. The van der Waals surface area contributed by atoms with Crippen LogP contribution in [0.2, 0.25) is 0 Å². The van der Waals surface area contributed by atoms with Crippen LogP contribution in [0.25, 0.3) is 0 Å². The summed E-state index contributed by atoms with van der Waals surface area (Å²) in [5.74, 6) is -0.239. The molecule has 0 atom stereocenters. The Labute approximate surface area is 188 Å². The highest BCUT2D eigenvalue weighted by atomic mass is 32.2. The second-order valence-electron chi connectivity index (χ2n) is 7.37. The van der Waals surface area contributed by atoms with E-state index in [2.05, 4.69) is 0 Å². The summed E-state index contributed by atoms with van der Waals surface area (Å²) < 4.78 is 30.9. The monoisotopic (exact) mass is 457 g/mol. The molecule has 0 saturated heterocycles. The molecule has 0 bridgehead atoms. The van der Waals surface area contributed by atoms with Crippen molar-refractivity contribution < 1.29 is 27.9 Å². The molecular weight excluding hydrogens is 430 g/mol. The molecule has 8 heteroatoms. The number of nitriles is 1. The number of Topliss-reactive ketones (excluding diaryl/α,β-unsaturated/α-hetero) is 2. The predicted molar refractivity (Wildman–Crippen MR) is 120 cm³/mol. The van der Waals surface area contributed by atoms with Crippen molar-refractivity contribution in [3.8, 4) is 17.6 Å². The van der Waals surface area contributed by atoms with Crippen molar-refractivity contribution in [3.05, 3.63) is 53.1 Å². The lowest BCUT2D eigenvalue weighted by atomic mass is 10.0. The topological polar surface area (TPSA) is 122 Å². The Morgan fingerprint density at radius 2 is 1.81 bits per heavy atom. The van der Waals surface area contributed by atoms with Gasteiger partial charge < -0.3 is 9.84 Å². The molecule has 0 aliphatic rings. The Morgan fingerprint density at radius 1 is 1.12 bits per heavy atom. The lowest BCUT2D eigenvalue weighted by molar-refractivity contribution is 0.0981. The van der Waals surface area contributed by atoms with Crippen molar-refractivity contribution in [3.63, 3.8) is 0 Å². The SMILES string of the molecule is CCCc1c(OCCCS(=O)(=O)c2ccc(C(=O)CCC#N)cc2)ccc(C(C)=O)c1O. The summed E-state index contributed by atoms with van der Waals surface area (Å²) in [5.41, 5.74) is 1.15. The predicted octanol–water partition coefficient (Wildman–Crippen LogP) is 4.28. The van der Waals surface area contributed by atoms with Crippen LogP contribution >= 0.6 is 0 Å². The van der Waals surface area contributed by atoms with Crippen LogP contribution in [0.4, 0.5) is 0 Å². The van der Waals surface area contributed by atoms with Crippen LogP contribution in [0.15, 0.2) is 41.3 Å². The summed E-state index contributed by atoms with van der Waals surface area (Å²) in [6.07, 6.45) is 1.72. The van der Waals surface area contributed by atoms with Crippen LogP contribution in [0.5, 0.6) is 11.5 Å². The molecule has 1 N–H and O–H groups in total. The lowest BCUT2D eigenvalue weighted by Gasteiger charge is -2.14. The van der Waals surface area contributed by atoms with Gasteiger partial charge >= 0.3 is 0 Å². The Morgan fingerprint density at radius 3 is 2.41 bits per heavy atom. The molecule has 7 nitrogen and oxygen atoms in total. The normalized spacial score (nSPS) is 11.0. The van der Waals surface area contributed by atoms with Gasteiger partial charge in [-0.2, -0.15) is 5.26 Å². The molecule has 2 aromatic rings. The number of sulfone groups is 1. The van der Waals surface area contributed by atoms with Gasteiger partial charge in [0.25, 0.3) is 0 Å². The molecule has 0 radical (unpaired) electrons. The molecule has 0 unspecified atom stereocenters. The number of phenolic OH excluding ortho intramolecular Hbond substituents is 1. The van der Waals surface area contributed by atoms with Gasteiger partial charge in [-0.1, -0.05) is 25.5 Å². The summed E-state index contributed by atoms with van der Waals surface area (Å²) in [6.45, 7) is 3.45. The van der Waals surface area contributed by atoms with E-state index in [1.54, 1.807) is 6.07 Å². The van der Waals surface area contributed by atoms with Crippen molar-refractivity contribution in [2.75, 3.05) is 12.4 Å². The first-order valence-electron chi connectivity index (χ1n) is 10.4. The quantitative estimate of drug-likeness (QED) is 0.373. The molecule has 2 rings (SSSR count). The molecule has 0 fully saturated rings. The maximum absolute atomic E-state index is 12.6. The van der Waals surface area contributed by atoms with E-state index in [1.807, 2.05) is 13.0 Å². The van der Waals surface area contributed by atoms with Crippen molar-refractivity contribution in [1.29, 1.82) is 5.26 Å². The van der Waals surface area contributed by atoms with Gasteiger partial charge in [-0.05, 0) is 44.0 Å². The molecule has 0 saturated carbocycles. The summed E-state index contributed by atoms with van der Waals surface area (Å²) >= 11 is 0. The fourth-order valence-corrected chi connectivity index (χ4v) is 4.52. The third-order valence-electron chi connectivity index (χ3n) is 4.93. The Balaban J connectivity index is 2.00. The molecule has 2 aromatic carbocycles. The molecule has 0 aliphatic heterocycles. The number of aromatic hydroxyl groups is 1. The Bertz CT molecular complexity index is 1110. The second-order valence-corrected chi connectivity index (χ2v) is 9.48. The van der Waals surface area contributed by atoms with Crippen LogP contribution in [0, 0.1) is 11.3 Å². The first kappa shape index (κ1) is 25.1. The second kappa shape index (κ2) is 11.4. The van der Waals surface area contributed by atoms with Crippen LogP contribution < -0.4 is 4.74 Å². The summed E-state index contributed by atoms with van der Waals surface area (Å²) in [5, 5.41) is 18.9. The number of carbonyl (C=O) groups excluding carboxylic acids is 2. The number of hydrogen-bond acceptors (Lipinski definition) is 7. The van der Waals surface area contributed by atoms with E-state index < -0.39 is 9.84 Å². The van der Waals surface area contributed by atoms with Crippen LogP contribution in [-0.2, 0) is 16.3 Å². The fraction of sp³-hybridized carbons (Fsp3) is 0.375. The van der Waals surface area contributed by atoms with Crippen molar-refractivity contribution in [1.82, 2.24) is 0 Å². The number of ketones is 2. The van der Waals surface area contributed by atoms with E-state index >= 15 is 0 Å². The summed E-state index contributed by atoms with van der Waals surface area (Å²) in [4.78, 5) is 23.7. The van der Waals surface area contributed by atoms with E-state index in [4.69, 9.17) is 10.00 Å². The average molecular weight is 458 g/mol. The van der Waals surface area contributed by atoms with Crippen LogP contribution in [0.1, 0.15) is 65.8 Å². The van der Waals surface area contributed by atoms with Gasteiger partial charge in [0.05, 0.1) is 28.9 Å². The van der Waals surface area contributed by atoms with E-state index in [1.165, 1.54) is 37.3 Å². The molecule has 0 aromatic heterocycles. The third-order valence-corrected chi connectivity index (χ3v) is 6.75. The smallest absolute Gasteiger partial charge is 0.178 e. The van der Waals surface area contributed by atoms with Gasteiger partial charge in [-0.3, -0.25) is 9.59 Å². The standard InChI is InChI=1S/C24H27NO6S/c1-3-6-21-23(13-12-20(17(2)26)24(21)28)31-15-5-16-32(29,30)19-10-8-18(9-11-19)22(27)7-4-14-25/h8-13,28H,3-7,15-16H2,1-2H3. The minimum absolute atomic E-state index is 0.0890. The number of phenols is 1. The highest BCUT2D eigenvalue weighted by Gasteiger charge is 2.18. The van der Waals surface area contributed by atoms with Crippen molar-refractivity contribution in [2.45, 2.75) is 50.8 Å². The zero-order chi connectivity index (χ0) is 23.7. The molecule has 170 valence electrons. The molecule has 0 aliphatic carbocycles. The van der Waals surface area contributed by atoms with E-state index in [9.17, 15) is 23.1 Å². The maximum atomic E-state index is 12.6. The number of ether oxygens (including phenoxy) is 1. The highest BCUT2D eigenvalue weighted by Crippen LogP contribution is 2.33. The van der Waals surface area contributed by atoms with E-state index in [-0.39, 0.29) is 59.4 Å². The van der Waals surface area contributed by atoms with Gasteiger partial charge in [0.1, 0.15) is 11.5 Å². The largest absolute Gasteiger partial charge is 0.507 e. The van der Waals surface area contributed by atoms with Gasteiger partial charge in [0.2, 0.25) is 0 Å². The van der Waals surface area contributed by atoms with E-state index in [0.29, 0.717) is 23.3 Å². The first-order chi connectivity index (χ1) is 15.2. The molecule has 0 heterocycles. The molecule has 0 amide bonds. The van der Waals surface area contributed by atoms with Crippen LogP contribution in [0.3, 0.4) is 0 Å². The molecular formula is C24H27NO6S. The Hall–Kier alpha value is -3.18. The Kier molecular flexibility index (Phi) is 8.97. The molecule has 0 spiro atoms. The number of benzene rings is 2. The van der Waals surface area contributed by atoms with Crippen LogP contribution in [-0.4, -0.2) is 37.5 Å². The minimum atomic E-state index is -3.56. The van der Waals surface area contributed by atoms with Crippen molar-refractivity contribution in [2.24, 2.45) is 0 Å². The lowest BCUT2D eigenvalue weighted by Crippen LogP contribution is -2.11. The maximum Gasteiger partial charge on any atom is 0.178 e. The fourth-order valence-electron chi connectivity index (χ4n) is 3.24.